The van der Waals surface area contributed by atoms with Gasteiger partial charge in [-0.3, -0.25) is 14.5 Å². The fourth-order valence-electron chi connectivity index (χ4n) is 1.75. The SMILES string of the molecule is Cc1nnc(Nc2ccc(S(=O)(=O)Nc3nccs3)cc2)[nH]c1=O. The summed E-state index contributed by atoms with van der Waals surface area (Å²) in [7, 11) is -3.70. The normalized spacial score (nSPS) is 11.2. The highest BCUT2D eigenvalue weighted by molar-refractivity contribution is 7.93. The lowest BCUT2D eigenvalue weighted by molar-refractivity contribution is 0.601. The van der Waals surface area contributed by atoms with Crippen molar-refractivity contribution < 1.29 is 8.42 Å². The van der Waals surface area contributed by atoms with E-state index in [4.69, 9.17) is 0 Å². The predicted octanol–water partition coefficient (Wildman–Crippen LogP) is 1.47. The fraction of sp³-hybridized carbons (Fsp3) is 0.0769. The number of thiazole rings is 1. The smallest absolute Gasteiger partial charge is 0.273 e. The van der Waals surface area contributed by atoms with Gasteiger partial charge >= 0.3 is 0 Å². The Hall–Kier alpha value is -2.79. The minimum Gasteiger partial charge on any atom is -0.324 e. The van der Waals surface area contributed by atoms with Gasteiger partial charge in [-0.1, -0.05) is 0 Å². The zero-order valence-corrected chi connectivity index (χ0v) is 14.0. The van der Waals surface area contributed by atoms with Crippen molar-refractivity contribution in [3.63, 3.8) is 0 Å². The Morgan fingerprint density at radius 3 is 2.54 bits per heavy atom. The summed E-state index contributed by atoms with van der Waals surface area (Å²) in [5.74, 6) is 0.169. The number of hydrogen-bond acceptors (Lipinski definition) is 8. The van der Waals surface area contributed by atoms with Gasteiger partial charge in [-0.15, -0.1) is 21.5 Å². The summed E-state index contributed by atoms with van der Waals surface area (Å²) in [6.45, 7) is 1.55. The second kappa shape index (κ2) is 6.37. The molecule has 0 fully saturated rings. The second-order valence-electron chi connectivity index (χ2n) is 4.68. The zero-order chi connectivity index (χ0) is 17.2. The lowest BCUT2D eigenvalue weighted by Gasteiger charge is -2.07. The Labute approximate surface area is 140 Å². The van der Waals surface area contributed by atoms with E-state index in [9.17, 15) is 13.2 Å². The molecule has 0 atom stereocenters. The van der Waals surface area contributed by atoms with Crippen LogP contribution in [0.15, 0.2) is 45.5 Å². The van der Waals surface area contributed by atoms with Crippen LogP contribution in [0.3, 0.4) is 0 Å². The minimum atomic E-state index is -3.70. The number of hydrogen-bond donors (Lipinski definition) is 3. The molecule has 0 spiro atoms. The van der Waals surface area contributed by atoms with Crippen molar-refractivity contribution in [1.82, 2.24) is 20.2 Å². The first-order chi connectivity index (χ1) is 11.4. The van der Waals surface area contributed by atoms with E-state index in [2.05, 4.69) is 30.2 Å². The number of aromatic amines is 1. The quantitative estimate of drug-likeness (QED) is 0.625. The van der Waals surface area contributed by atoms with Crippen LogP contribution in [-0.4, -0.2) is 28.6 Å². The molecule has 124 valence electrons. The molecule has 0 amide bonds. The van der Waals surface area contributed by atoms with Gasteiger partial charge in [0.05, 0.1) is 4.90 Å². The van der Waals surface area contributed by atoms with Crippen molar-refractivity contribution in [2.45, 2.75) is 11.8 Å². The summed E-state index contributed by atoms with van der Waals surface area (Å²) >= 11 is 1.19. The zero-order valence-electron chi connectivity index (χ0n) is 12.3. The third kappa shape index (κ3) is 3.58. The number of H-pyrrole nitrogens is 1. The Morgan fingerprint density at radius 2 is 1.92 bits per heavy atom. The molecule has 0 aliphatic heterocycles. The molecule has 2 aromatic heterocycles. The van der Waals surface area contributed by atoms with Crippen molar-refractivity contribution >= 4 is 38.1 Å². The van der Waals surface area contributed by atoms with Crippen LogP contribution in [0.5, 0.6) is 0 Å². The third-order valence-electron chi connectivity index (χ3n) is 2.94. The fourth-order valence-corrected chi connectivity index (χ4v) is 3.54. The van der Waals surface area contributed by atoms with Crippen LogP contribution in [-0.2, 0) is 10.0 Å². The van der Waals surface area contributed by atoms with E-state index in [1.807, 2.05) is 0 Å². The number of aromatic nitrogens is 4. The molecule has 2 heterocycles. The van der Waals surface area contributed by atoms with E-state index in [-0.39, 0.29) is 22.1 Å². The van der Waals surface area contributed by atoms with Crippen molar-refractivity contribution in [2.24, 2.45) is 0 Å². The first-order valence-electron chi connectivity index (χ1n) is 6.67. The van der Waals surface area contributed by atoms with Crippen LogP contribution in [0, 0.1) is 6.92 Å². The summed E-state index contributed by atoms with van der Waals surface area (Å²) in [6, 6.07) is 5.96. The van der Waals surface area contributed by atoms with Gasteiger partial charge < -0.3 is 5.32 Å². The van der Waals surface area contributed by atoms with Gasteiger partial charge in [0, 0.05) is 17.3 Å². The average Bonchev–Trinajstić information content (AvgIpc) is 3.04. The van der Waals surface area contributed by atoms with Gasteiger partial charge in [-0.2, -0.15) is 0 Å². The topological polar surface area (TPSA) is 130 Å². The first kappa shape index (κ1) is 16.1. The molecule has 0 bridgehead atoms. The summed E-state index contributed by atoms with van der Waals surface area (Å²) in [5, 5.41) is 12.3. The highest BCUT2D eigenvalue weighted by atomic mass is 32.2. The standard InChI is InChI=1S/C13H12N6O3S2/c1-8-11(20)16-12(18-17-8)15-9-2-4-10(5-3-9)24(21,22)19-13-14-6-7-23-13/h2-7H,1H3,(H,14,19)(H2,15,16,18,20). The summed E-state index contributed by atoms with van der Waals surface area (Å²) < 4.78 is 26.8. The molecule has 24 heavy (non-hydrogen) atoms. The highest BCUT2D eigenvalue weighted by Gasteiger charge is 2.15. The number of rotatable bonds is 5. The van der Waals surface area contributed by atoms with E-state index in [1.165, 1.54) is 29.7 Å². The second-order valence-corrected chi connectivity index (χ2v) is 7.26. The number of anilines is 3. The molecule has 0 saturated carbocycles. The summed E-state index contributed by atoms with van der Waals surface area (Å²) in [5.41, 5.74) is 0.464. The van der Waals surface area contributed by atoms with Gasteiger partial charge in [-0.25, -0.2) is 13.4 Å². The largest absolute Gasteiger partial charge is 0.324 e. The van der Waals surface area contributed by atoms with E-state index in [0.717, 1.165) is 0 Å². The van der Waals surface area contributed by atoms with Crippen LogP contribution in [0.25, 0.3) is 0 Å². The lowest BCUT2D eigenvalue weighted by Crippen LogP contribution is -2.15. The molecule has 3 rings (SSSR count). The number of nitrogens with one attached hydrogen (secondary N) is 3. The van der Waals surface area contributed by atoms with E-state index < -0.39 is 10.0 Å². The summed E-state index contributed by atoms with van der Waals surface area (Å²) in [6.07, 6.45) is 1.51. The molecule has 3 aromatic rings. The van der Waals surface area contributed by atoms with Crippen molar-refractivity contribution in [1.29, 1.82) is 0 Å². The molecular formula is C13H12N6O3S2. The van der Waals surface area contributed by atoms with Gasteiger partial charge in [0.2, 0.25) is 5.95 Å². The number of sulfonamides is 1. The molecule has 9 nitrogen and oxygen atoms in total. The van der Waals surface area contributed by atoms with Gasteiger partial charge in [0.25, 0.3) is 15.6 Å². The molecular weight excluding hydrogens is 352 g/mol. The molecule has 11 heteroatoms. The lowest BCUT2D eigenvalue weighted by atomic mass is 10.3. The number of benzene rings is 1. The minimum absolute atomic E-state index is 0.0896. The summed E-state index contributed by atoms with van der Waals surface area (Å²) in [4.78, 5) is 18.0. The predicted molar refractivity (Wildman–Crippen MR) is 90.0 cm³/mol. The molecule has 0 radical (unpaired) electrons. The Morgan fingerprint density at radius 1 is 1.17 bits per heavy atom. The maximum Gasteiger partial charge on any atom is 0.273 e. The average molecular weight is 364 g/mol. The van der Waals surface area contributed by atoms with E-state index in [0.29, 0.717) is 10.8 Å². The molecule has 0 aliphatic rings. The van der Waals surface area contributed by atoms with E-state index in [1.54, 1.807) is 24.4 Å². The van der Waals surface area contributed by atoms with Gasteiger partial charge in [-0.05, 0) is 31.2 Å². The monoisotopic (exact) mass is 364 g/mol. The molecule has 0 saturated heterocycles. The highest BCUT2D eigenvalue weighted by Crippen LogP contribution is 2.20. The van der Waals surface area contributed by atoms with Crippen LogP contribution < -0.4 is 15.6 Å². The van der Waals surface area contributed by atoms with Crippen LogP contribution >= 0.6 is 11.3 Å². The van der Waals surface area contributed by atoms with Crippen molar-refractivity contribution in [3.8, 4) is 0 Å². The molecule has 0 unspecified atom stereocenters. The maximum atomic E-state index is 12.2. The number of nitrogens with zero attached hydrogens (tertiary/aromatic N) is 3. The van der Waals surface area contributed by atoms with Crippen LogP contribution in [0.1, 0.15) is 5.69 Å². The Bertz CT molecular complexity index is 997. The van der Waals surface area contributed by atoms with Crippen LogP contribution in [0.2, 0.25) is 0 Å². The van der Waals surface area contributed by atoms with Crippen LogP contribution in [0.4, 0.5) is 16.8 Å². The Balaban J connectivity index is 1.77. The first-order valence-corrected chi connectivity index (χ1v) is 9.03. The Kier molecular flexibility index (Phi) is 4.27. The molecule has 3 N–H and O–H groups in total. The molecule has 0 aliphatic carbocycles. The number of aryl methyl sites for hydroxylation is 1. The maximum absolute atomic E-state index is 12.2. The van der Waals surface area contributed by atoms with Gasteiger partial charge in [0.15, 0.2) is 5.13 Å². The van der Waals surface area contributed by atoms with Crippen molar-refractivity contribution in [3.05, 3.63) is 51.9 Å². The van der Waals surface area contributed by atoms with Gasteiger partial charge in [0.1, 0.15) is 5.69 Å². The third-order valence-corrected chi connectivity index (χ3v) is 5.11. The van der Waals surface area contributed by atoms with Crippen molar-refractivity contribution in [2.75, 3.05) is 10.0 Å². The molecule has 1 aromatic carbocycles. The van der Waals surface area contributed by atoms with E-state index >= 15 is 0 Å².